The van der Waals surface area contributed by atoms with Crippen LogP contribution in [0.15, 0.2) is 66.2 Å². The highest BCUT2D eigenvalue weighted by Crippen LogP contribution is 2.38. The lowest BCUT2D eigenvalue weighted by Crippen LogP contribution is -1.95. The van der Waals surface area contributed by atoms with Gasteiger partial charge in [-0.15, -0.1) is 11.3 Å². The summed E-state index contributed by atoms with van der Waals surface area (Å²) in [6.07, 6.45) is 1.60. The van der Waals surface area contributed by atoms with Crippen LogP contribution in [0.25, 0.3) is 37.8 Å². The zero-order valence-corrected chi connectivity index (χ0v) is 13.8. The fourth-order valence-electron chi connectivity index (χ4n) is 3.36. The van der Waals surface area contributed by atoms with Crippen LogP contribution < -0.4 is 0 Å². The van der Waals surface area contributed by atoms with Crippen LogP contribution in [0.3, 0.4) is 0 Å². The fraction of sp³-hybridized carbons (Fsp3) is 0. The number of hydrogen-bond donors (Lipinski definition) is 1. The summed E-state index contributed by atoms with van der Waals surface area (Å²) in [4.78, 5) is 16.2. The third-order valence-electron chi connectivity index (χ3n) is 4.46. The summed E-state index contributed by atoms with van der Waals surface area (Å²) in [5.74, 6) is -1.01. The summed E-state index contributed by atoms with van der Waals surface area (Å²) in [6, 6.07) is 18.7. The summed E-state index contributed by atoms with van der Waals surface area (Å²) in [7, 11) is 0. The summed E-state index contributed by atoms with van der Waals surface area (Å²) in [5.41, 5.74) is 2.14. The molecule has 0 saturated heterocycles. The predicted octanol–water partition coefficient (Wildman–Crippen LogP) is 5.07. The largest absolute Gasteiger partial charge is 0.476 e. The Hall–Kier alpha value is -3.18. The molecule has 0 bridgehead atoms. The van der Waals surface area contributed by atoms with Crippen LogP contribution in [0.1, 0.15) is 10.5 Å². The van der Waals surface area contributed by atoms with Gasteiger partial charge in [0.1, 0.15) is 0 Å². The molecule has 0 fully saturated rings. The highest BCUT2D eigenvalue weighted by Gasteiger charge is 2.17. The van der Waals surface area contributed by atoms with E-state index in [1.807, 2.05) is 34.0 Å². The van der Waals surface area contributed by atoms with Gasteiger partial charge in [0, 0.05) is 17.1 Å². The number of aromatic nitrogens is 2. The molecule has 0 saturated carbocycles. The Morgan fingerprint density at radius 1 is 1.00 bits per heavy atom. The molecule has 0 aliphatic rings. The molecule has 0 amide bonds. The van der Waals surface area contributed by atoms with Gasteiger partial charge >= 0.3 is 5.97 Å². The number of nitrogens with zero attached hydrogens (tertiary/aromatic N) is 2. The lowest BCUT2D eigenvalue weighted by atomic mass is 9.95. The van der Waals surface area contributed by atoms with Gasteiger partial charge in [-0.05, 0) is 27.6 Å². The summed E-state index contributed by atoms with van der Waals surface area (Å²) < 4.78 is 1.88. The van der Waals surface area contributed by atoms with Crippen molar-refractivity contribution in [2.45, 2.75) is 0 Å². The first-order valence-electron chi connectivity index (χ1n) is 7.83. The topological polar surface area (TPSA) is 54.6 Å². The molecule has 4 nitrogen and oxygen atoms in total. The molecule has 0 unspecified atom stereocenters. The molecule has 0 spiro atoms. The van der Waals surface area contributed by atoms with Crippen LogP contribution in [0.4, 0.5) is 0 Å². The number of benzene rings is 3. The standard InChI is InChI=1S/C20H12N2O2S/c23-19(24)16-10-22-17(11-25-20(22)21-16)18-14-7-3-1-5-12(14)9-13-6-2-4-8-15(13)18/h1-11H,(H,23,24). The number of imidazole rings is 1. The second-order valence-corrected chi connectivity index (χ2v) is 6.74. The monoisotopic (exact) mass is 344 g/mol. The van der Waals surface area contributed by atoms with E-state index in [1.165, 1.54) is 11.3 Å². The minimum atomic E-state index is -1.01. The van der Waals surface area contributed by atoms with Crippen molar-refractivity contribution in [3.8, 4) is 11.3 Å². The molecular weight excluding hydrogens is 332 g/mol. The normalized spacial score (nSPS) is 11.5. The SMILES string of the molecule is O=C(O)c1cn2c(-c3c4ccccc4cc4ccccc34)csc2n1. The Morgan fingerprint density at radius 3 is 2.28 bits per heavy atom. The highest BCUT2D eigenvalue weighted by atomic mass is 32.1. The number of aromatic carboxylic acids is 1. The number of carbonyl (C=O) groups is 1. The van der Waals surface area contributed by atoms with Crippen molar-refractivity contribution in [2.75, 3.05) is 0 Å². The molecule has 0 aliphatic carbocycles. The molecule has 2 heterocycles. The van der Waals surface area contributed by atoms with Crippen molar-refractivity contribution < 1.29 is 9.90 Å². The van der Waals surface area contributed by atoms with E-state index in [9.17, 15) is 9.90 Å². The van der Waals surface area contributed by atoms with Crippen LogP contribution in [-0.2, 0) is 0 Å². The third kappa shape index (κ3) is 2.06. The predicted molar refractivity (Wildman–Crippen MR) is 100 cm³/mol. The van der Waals surface area contributed by atoms with Gasteiger partial charge in [-0.1, -0.05) is 48.5 Å². The molecule has 3 aromatic carbocycles. The van der Waals surface area contributed by atoms with E-state index in [1.54, 1.807) is 6.20 Å². The minimum absolute atomic E-state index is 0.0673. The van der Waals surface area contributed by atoms with Gasteiger partial charge < -0.3 is 5.11 Å². The Morgan fingerprint density at radius 2 is 1.64 bits per heavy atom. The second-order valence-electron chi connectivity index (χ2n) is 5.90. The highest BCUT2D eigenvalue weighted by molar-refractivity contribution is 7.15. The Labute approximate surface area is 146 Å². The van der Waals surface area contributed by atoms with E-state index in [0.29, 0.717) is 4.96 Å². The lowest BCUT2D eigenvalue weighted by molar-refractivity contribution is 0.0691. The summed E-state index contributed by atoms with van der Waals surface area (Å²) in [5, 5.41) is 15.9. The van der Waals surface area contributed by atoms with Gasteiger partial charge in [0.2, 0.25) is 0 Å². The number of fused-ring (bicyclic) bond motifs is 3. The van der Waals surface area contributed by atoms with Crippen LogP contribution in [0.5, 0.6) is 0 Å². The van der Waals surface area contributed by atoms with Gasteiger partial charge in [0.25, 0.3) is 0 Å². The summed E-state index contributed by atoms with van der Waals surface area (Å²) >= 11 is 1.45. The fourth-order valence-corrected chi connectivity index (χ4v) is 4.22. The van der Waals surface area contributed by atoms with Crippen molar-refractivity contribution in [3.63, 3.8) is 0 Å². The van der Waals surface area contributed by atoms with Gasteiger partial charge in [-0.3, -0.25) is 4.40 Å². The zero-order chi connectivity index (χ0) is 17.0. The number of carboxylic acid groups (broad SMARTS) is 1. The van der Waals surface area contributed by atoms with Crippen molar-refractivity contribution in [1.82, 2.24) is 9.38 Å². The molecule has 1 N–H and O–H groups in total. The summed E-state index contributed by atoms with van der Waals surface area (Å²) in [6.45, 7) is 0. The average Bonchev–Trinajstić information content (AvgIpc) is 3.21. The third-order valence-corrected chi connectivity index (χ3v) is 5.30. The van der Waals surface area contributed by atoms with E-state index in [2.05, 4.69) is 35.3 Å². The van der Waals surface area contributed by atoms with E-state index >= 15 is 0 Å². The number of hydrogen-bond acceptors (Lipinski definition) is 3. The van der Waals surface area contributed by atoms with Crippen molar-refractivity contribution in [2.24, 2.45) is 0 Å². The maximum absolute atomic E-state index is 11.3. The van der Waals surface area contributed by atoms with Crippen LogP contribution in [0, 0.1) is 0 Å². The quantitative estimate of drug-likeness (QED) is 0.455. The number of thiazole rings is 1. The number of rotatable bonds is 2. The van der Waals surface area contributed by atoms with Gasteiger partial charge in [0.05, 0.1) is 5.69 Å². The molecule has 0 radical (unpaired) electrons. The smallest absolute Gasteiger partial charge is 0.356 e. The Balaban J connectivity index is 1.95. The lowest BCUT2D eigenvalue weighted by Gasteiger charge is -2.11. The average molecular weight is 344 g/mol. The van der Waals surface area contributed by atoms with Crippen LogP contribution in [-0.4, -0.2) is 20.5 Å². The first kappa shape index (κ1) is 14.2. The van der Waals surface area contributed by atoms with Crippen molar-refractivity contribution in [1.29, 1.82) is 0 Å². The molecule has 5 heteroatoms. The van der Waals surface area contributed by atoms with Gasteiger partial charge in [-0.25, -0.2) is 9.78 Å². The molecule has 2 aromatic heterocycles. The molecule has 5 rings (SSSR count). The molecular formula is C20H12N2O2S. The minimum Gasteiger partial charge on any atom is -0.476 e. The van der Waals surface area contributed by atoms with Crippen molar-refractivity contribution in [3.05, 3.63) is 71.9 Å². The molecule has 0 aliphatic heterocycles. The van der Waals surface area contributed by atoms with Crippen LogP contribution >= 0.6 is 11.3 Å². The number of carboxylic acids is 1. The molecule has 0 atom stereocenters. The maximum Gasteiger partial charge on any atom is 0.356 e. The second kappa shape index (κ2) is 5.16. The first-order chi connectivity index (χ1) is 12.2. The van der Waals surface area contributed by atoms with E-state index in [4.69, 9.17) is 0 Å². The Bertz CT molecular complexity index is 1230. The Kier molecular flexibility index (Phi) is 2.93. The van der Waals surface area contributed by atoms with E-state index < -0.39 is 5.97 Å². The van der Waals surface area contributed by atoms with Gasteiger partial charge in [-0.2, -0.15) is 0 Å². The van der Waals surface area contributed by atoms with E-state index in [-0.39, 0.29) is 5.69 Å². The molecule has 5 aromatic rings. The van der Waals surface area contributed by atoms with Crippen LogP contribution in [0.2, 0.25) is 0 Å². The molecule has 25 heavy (non-hydrogen) atoms. The molecule has 120 valence electrons. The van der Waals surface area contributed by atoms with E-state index in [0.717, 1.165) is 32.8 Å². The van der Waals surface area contributed by atoms with Gasteiger partial charge in [0.15, 0.2) is 10.7 Å². The van der Waals surface area contributed by atoms with Crippen molar-refractivity contribution >= 4 is 43.8 Å². The first-order valence-corrected chi connectivity index (χ1v) is 8.71. The zero-order valence-electron chi connectivity index (χ0n) is 13.0. The maximum atomic E-state index is 11.3.